The van der Waals surface area contributed by atoms with Crippen molar-refractivity contribution >= 4 is 40.0 Å². The first-order chi connectivity index (χ1) is 14.5. The summed E-state index contributed by atoms with van der Waals surface area (Å²) >= 11 is 5.27. The highest BCUT2D eigenvalue weighted by molar-refractivity contribution is 7.80. The van der Waals surface area contributed by atoms with Crippen LogP contribution in [0.5, 0.6) is 5.75 Å². The number of carbonyl (C=O) groups is 1. The van der Waals surface area contributed by atoms with Gasteiger partial charge in [-0.1, -0.05) is 18.2 Å². The standard InChI is InChI=1S/C23H19N3O3S/c1-14-5-3-4-6-18(14)22-25-19-13-16(9-12-20(19)29-22)24-23(30)26-21(27)15-7-10-17(28-2)11-8-15/h3-13H,1-2H3,(H2,24,26,27,30). The van der Waals surface area contributed by atoms with E-state index in [-0.39, 0.29) is 11.0 Å². The van der Waals surface area contributed by atoms with Gasteiger partial charge in [-0.25, -0.2) is 4.98 Å². The number of nitrogens with one attached hydrogen (secondary N) is 2. The molecule has 0 aliphatic carbocycles. The summed E-state index contributed by atoms with van der Waals surface area (Å²) in [5, 5.41) is 5.87. The van der Waals surface area contributed by atoms with E-state index in [1.807, 2.05) is 49.4 Å². The van der Waals surface area contributed by atoms with E-state index in [4.69, 9.17) is 21.4 Å². The molecule has 4 rings (SSSR count). The topological polar surface area (TPSA) is 76.4 Å². The van der Waals surface area contributed by atoms with Crippen LogP contribution >= 0.6 is 12.2 Å². The fourth-order valence-corrected chi connectivity index (χ4v) is 3.22. The number of rotatable bonds is 4. The molecular formula is C23H19N3O3S. The van der Waals surface area contributed by atoms with Crippen LogP contribution in [0, 0.1) is 6.92 Å². The number of carbonyl (C=O) groups excluding carboxylic acids is 1. The number of ether oxygens (including phenoxy) is 1. The molecule has 4 aromatic rings. The fraction of sp³-hybridized carbons (Fsp3) is 0.0870. The van der Waals surface area contributed by atoms with Gasteiger partial charge in [-0.15, -0.1) is 0 Å². The van der Waals surface area contributed by atoms with Gasteiger partial charge in [-0.05, 0) is 73.2 Å². The van der Waals surface area contributed by atoms with Crippen molar-refractivity contribution in [3.8, 4) is 17.2 Å². The molecule has 1 aromatic heterocycles. The van der Waals surface area contributed by atoms with Gasteiger partial charge in [0.05, 0.1) is 7.11 Å². The van der Waals surface area contributed by atoms with Gasteiger partial charge in [-0.2, -0.15) is 0 Å². The van der Waals surface area contributed by atoms with Gasteiger partial charge in [0.25, 0.3) is 5.91 Å². The van der Waals surface area contributed by atoms with E-state index < -0.39 is 0 Å². The first-order valence-electron chi connectivity index (χ1n) is 9.26. The Bertz CT molecular complexity index is 1230. The number of anilines is 1. The quantitative estimate of drug-likeness (QED) is 0.458. The molecule has 0 fully saturated rings. The Morgan fingerprint density at radius 2 is 1.83 bits per heavy atom. The molecule has 1 amide bonds. The summed E-state index contributed by atoms with van der Waals surface area (Å²) in [5.74, 6) is 0.938. The summed E-state index contributed by atoms with van der Waals surface area (Å²) in [6, 6.07) is 20.2. The van der Waals surface area contributed by atoms with Gasteiger partial charge in [0.1, 0.15) is 11.3 Å². The molecule has 0 atom stereocenters. The van der Waals surface area contributed by atoms with Crippen LogP contribution in [0.4, 0.5) is 5.69 Å². The molecule has 0 bridgehead atoms. The van der Waals surface area contributed by atoms with Crippen LogP contribution < -0.4 is 15.4 Å². The van der Waals surface area contributed by atoms with Crippen molar-refractivity contribution < 1.29 is 13.9 Å². The molecule has 0 aliphatic heterocycles. The largest absolute Gasteiger partial charge is 0.497 e. The molecule has 0 saturated carbocycles. The highest BCUT2D eigenvalue weighted by Crippen LogP contribution is 2.28. The smallest absolute Gasteiger partial charge is 0.257 e. The van der Waals surface area contributed by atoms with E-state index in [1.165, 1.54) is 0 Å². The van der Waals surface area contributed by atoms with Crippen LogP contribution in [0.2, 0.25) is 0 Å². The first-order valence-corrected chi connectivity index (χ1v) is 9.67. The molecule has 1 heterocycles. The fourth-order valence-electron chi connectivity index (χ4n) is 3.01. The van der Waals surface area contributed by atoms with Gasteiger partial charge < -0.3 is 14.5 Å². The average Bonchev–Trinajstić information content (AvgIpc) is 3.17. The minimum absolute atomic E-state index is 0.192. The third-order valence-corrected chi connectivity index (χ3v) is 4.80. The number of thiocarbonyl (C=S) groups is 1. The molecule has 3 aromatic carbocycles. The number of oxazole rings is 1. The number of aryl methyl sites for hydroxylation is 1. The lowest BCUT2D eigenvalue weighted by atomic mass is 10.1. The van der Waals surface area contributed by atoms with Crippen LogP contribution in [0.15, 0.2) is 71.1 Å². The molecule has 150 valence electrons. The van der Waals surface area contributed by atoms with Crippen molar-refractivity contribution in [2.45, 2.75) is 6.92 Å². The molecule has 30 heavy (non-hydrogen) atoms. The van der Waals surface area contributed by atoms with Gasteiger partial charge >= 0.3 is 0 Å². The van der Waals surface area contributed by atoms with Crippen LogP contribution in [0.3, 0.4) is 0 Å². The van der Waals surface area contributed by atoms with E-state index in [2.05, 4.69) is 15.6 Å². The van der Waals surface area contributed by atoms with Crippen molar-refractivity contribution in [2.75, 3.05) is 12.4 Å². The van der Waals surface area contributed by atoms with Gasteiger partial charge in [0.15, 0.2) is 10.7 Å². The lowest BCUT2D eigenvalue weighted by Gasteiger charge is -2.09. The maximum Gasteiger partial charge on any atom is 0.257 e. The molecule has 6 nitrogen and oxygen atoms in total. The van der Waals surface area contributed by atoms with E-state index in [9.17, 15) is 4.79 Å². The number of benzene rings is 3. The Hall–Kier alpha value is -3.71. The Morgan fingerprint density at radius 3 is 2.57 bits per heavy atom. The van der Waals surface area contributed by atoms with Gasteiger partial charge in [0, 0.05) is 16.8 Å². The normalized spacial score (nSPS) is 10.6. The Balaban J connectivity index is 1.47. The zero-order valence-electron chi connectivity index (χ0n) is 16.4. The zero-order valence-corrected chi connectivity index (χ0v) is 17.2. The summed E-state index contributed by atoms with van der Waals surface area (Å²) in [6.07, 6.45) is 0. The summed E-state index contributed by atoms with van der Waals surface area (Å²) in [7, 11) is 1.57. The number of hydrogen-bond donors (Lipinski definition) is 2. The summed E-state index contributed by atoms with van der Waals surface area (Å²) in [5.41, 5.74) is 4.59. The highest BCUT2D eigenvalue weighted by Gasteiger charge is 2.12. The SMILES string of the molecule is COc1ccc(C(=O)NC(=S)Nc2ccc3oc(-c4ccccc4C)nc3c2)cc1. The summed E-state index contributed by atoms with van der Waals surface area (Å²) in [4.78, 5) is 16.9. The highest BCUT2D eigenvalue weighted by atomic mass is 32.1. The maximum absolute atomic E-state index is 12.3. The molecule has 2 N–H and O–H groups in total. The number of methoxy groups -OCH3 is 1. The van der Waals surface area contributed by atoms with E-state index in [0.717, 1.165) is 11.1 Å². The zero-order chi connectivity index (χ0) is 21.1. The third kappa shape index (κ3) is 4.16. The second-order valence-corrected chi connectivity index (χ2v) is 7.06. The van der Waals surface area contributed by atoms with Crippen molar-refractivity contribution in [1.82, 2.24) is 10.3 Å². The van der Waals surface area contributed by atoms with Crippen LogP contribution in [0.1, 0.15) is 15.9 Å². The maximum atomic E-state index is 12.3. The predicted molar refractivity (Wildman–Crippen MR) is 121 cm³/mol. The Labute approximate surface area is 178 Å². The summed E-state index contributed by atoms with van der Waals surface area (Å²) < 4.78 is 11.0. The van der Waals surface area contributed by atoms with Crippen molar-refractivity contribution in [3.63, 3.8) is 0 Å². The summed E-state index contributed by atoms with van der Waals surface area (Å²) in [6.45, 7) is 2.01. The minimum atomic E-state index is -0.306. The second-order valence-electron chi connectivity index (χ2n) is 6.65. The van der Waals surface area contributed by atoms with Crippen LogP contribution in [-0.2, 0) is 0 Å². The van der Waals surface area contributed by atoms with Gasteiger partial charge in [-0.3, -0.25) is 10.1 Å². The van der Waals surface area contributed by atoms with E-state index in [0.29, 0.717) is 34.0 Å². The molecule has 0 radical (unpaired) electrons. The molecule has 0 unspecified atom stereocenters. The van der Waals surface area contributed by atoms with E-state index >= 15 is 0 Å². The number of fused-ring (bicyclic) bond motifs is 1. The second kappa shape index (κ2) is 8.34. The minimum Gasteiger partial charge on any atom is -0.497 e. The first kappa shape index (κ1) is 19.6. The van der Waals surface area contributed by atoms with Crippen LogP contribution in [-0.4, -0.2) is 23.1 Å². The number of hydrogen-bond acceptors (Lipinski definition) is 5. The number of aromatic nitrogens is 1. The lowest BCUT2D eigenvalue weighted by Crippen LogP contribution is -2.34. The van der Waals surface area contributed by atoms with Crippen molar-refractivity contribution in [2.24, 2.45) is 0 Å². The predicted octanol–water partition coefficient (Wildman–Crippen LogP) is 4.94. The molecule has 0 spiro atoms. The van der Waals surface area contributed by atoms with Crippen LogP contribution in [0.25, 0.3) is 22.6 Å². The molecule has 0 aliphatic rings. The number of amides is 1. The third-order valence-electron chi connectivity index (χ3n) is 4.60. The number of nitrogens with zero attached hydrogens (tertiary/aromatic N) is 1. The lowest BCUT2D eigenvalue weighted by molar-refractivity contribution is 0.0977. The Kier molecular flexibility index (Phi) is 5.45. The monoisotopic (exact) mass is 417 g/mol. The molecule has 7 heteroatoms. The Morgan fingerprint density at radius 1 is 1.07 bits per heavy atom. The van der Waals surface area contributed by atoms with Crippen molar-refractivity contribution in [3.05, 3.63) is 77.9 Å². The molecule has 0 saturated heterocycles. The average molecular weight is 417 g/mol. The van der Waals surface area contributed by atoms with Crippen molar-refractivity contribution in [1.29, 1.82) is 0 Å². The molecular weight excluding hydrogens is 398 g/mol. The van der Waals surface area contributed by atoms with E-state index in [1.54, 1.807) is 31.4 Å². The van der Waals surface area contributed by atoms with Gasteiger partial charge in [0.2, 0.25) is 5.89 Å².